The van der Waals surface area contributed by atoms with Crippen molar-refractivity contribution in [1.82, 2.24) is 0 Å². The molecule has 4 atom stereocenters. The number of fused-ring (bicyclic) bond motifs is 4. The molecule has 1 aliphatic rings. The van der Waals surface area contributed by atoms with E-state index in [4.69, 9.17) is 18.9 Å². The summed E-state index contributed by atoms with van der Waals surface area (Å²) in [7, 11) is 1.40. The van der Waals surface area contributed by atoms with Crippen LogP contribution in [0.2, 0.25) is 0 Å². The predicted octanol–water partition coefficient (Wildman–Crippen LogP) is 8.64. The monoisotopic (exact) mass is 696 g/mol. The Hall–Kier alpha value is -4.94. The molecular weight excluding hydrogens is 666 g/mol. The van der Waals surface area contributed by atoms with E-state index in [0.717, 1.165) is 35.0 Å². The summed E-state index contributed by atoms with van der Waals surface area (Å²) in [6.45, 7) is 0. The van der Waals surface area contributed by atoms with Crippen LogP contribution < -0.4 is 0 Å². The van der Waals surface area contributed by atoms with Crippen molar-refractivity contribution in [2.24, 2.45) is 0 Å². The van der Waals surface area contributed by atoms with Crippen LogP contribution in [0, 0.1) is 0 Å². The zero-order valence-electron chi connectivity index (χ0n) is 26.7. The standard InChI is InChI=1S/C38H30F6O6/c1-47-35(37(39,40)41,27-13-5-3-6-14-27)33(45)49-30-20-19-23-17-18-26-21-24-11-9-10-12-25(24)22-29(26)31(23)32(30)50-34(46)36(48-2,38(42,43)44)28-15-7-4-8-16-28/h3-18,21-22,30,32H,19-20H2,1-2H3. The Morgan fingerprint density at radius 3 is 1.58 bits per heavy atom. The van der Waals surface area contributed by atoms with E-state index in [2.05, 4.69) is 0 Å². The van der Waals surface area contributed by atoms with E-state index in [-0.39, 0.29) is 18.4 Å². The van der Waals surface area contributed by atoms with Crippen molar-refractivity contribution in [3.05, 3.63) is 131 Å². The van der Waals surface area contributed by atoms with E-state index in [9.17, 15) is 35.9 Å². The number of hydrogen-bond donors (Lipinski definition) is 0. The van der Waals surface area contributed by atoms with Crippen LogP contribution in [0.3, 0.4) is 0 Å². The molecule has 0 bridgehead atoms. The van der Waals surface area contributed by atoms with Crippen LogP contribution in [0.15, 0.2) is 109 Å². The van der Waals surface area contributed by atoms with Crippen molar-refractivity contribution in [2.45, 2.75) is 48.6 Å². The summed E-state index contributed by atoms with van der Waals surface area (Å²) in [6.07, 6.45) is -14.2. The van der Waals surface area contributed by atoms with E-state index in [0.29, 0.717) is 30.6 Å². The Kier molecular flexibility index (Phi) is 9.12. The number of esters is 2. The molecule has 5 aromatic carbocycles. The van der Waals surface area contributed by atoms with Gasteiger partial charge in [-0.25, -0.2) is 9.59 Å². The number of carbonyl (C=O) groups excluding carboxylic acids is 2. The highest BCUT2D eigenvalue weighted by atomic mass is 19.4. The molecule has 0 saturated heterocycles. The third-order valence-corrected chi connectivity index (χ3v) is 9.18. The van der Waals surface area contributed by atoms with Gasteiger partial charge < -0.3 is 18.9 Å². The average Bonchev–Trinajstić information content (AvgIpc) is 3.09. The number of halogens is 6. The SMILES string of the molecule is COC(C(=O)OC1CCc2ccc3cc4ccccc4cc3c2C1OC(=O)C(OC)(c1ccccc1)C(F)(F)F)(c1ccccc1)C(F)(F)F. The van der Waals surface area contributed by atoms with Gasteiger partial charge in [0.1, 0.15) is 6.10 Å². The van der Waals surface area contributed by atoms with Crippen molar-refractivity contribution < 1.29 is 54.9 Å². The summed E-state index contributed by atoms with van der Waals surface area (Å²) >= 11 is 0. The Balaban J connectivity index is 1.53. The van der Waals surface area contributed by atoms with Crippen LogP contribution in [0.1, 0.15) is 34.8 Å². The van der Waals surface area contributed by atoms with Crippen LogP contribution in [-0.4, -0.2) is 44.6 Å². The summed E-state index contributed by atoms with van der Waals surface area (Å²) in [4.78, 5) is 27.8. The van der Waals surface area contributed by atoms with Gasteiger partial charge in [0, 0.05) is 30.9 Å². The highest BCUT2D eigenvalue weighted by Gasteiger charge is 2.66. The predicted molar refractivity (Wildman–Crippen MR) is 171 cm³/mol. The summed E-state index contributed by atoms with van der Waals surface area (Å²) in [5, 5.41) is 2.64. The molecular formula is C38H30F6O6. The lowest BCUT2D eigenvalue weighted by molar-refractivity contribution is -0.286. The Morgan fingerprint density at radius 1 is 0.600 bits per heavy atom. The summed E-state index contributed by atoms with van der Waals surface area (Å²) in [5.41, 5.74) is -7.67. The molecule has 6 rings (SSSR count). The lowest BCUT2D eigenvalue weighted by atomic mass is 9.82. The molecule has 4 unspecified atom stereocenters. The van der Waals surface area contributed by atoms with Gasteiger partial charge in [-0.05, 0) is 52.1 Å². The van der Waals surface area contributed by atoms with Crippen molar-refractivity contribution >= 4 is 33.5 Å². The highest BCUT2D eigenvalue weighted by molar-refractivity contribution is 6.00. The van der Waals surface area contributed by atoms with Crippen LogP contribution >= 0.6 is 0 Å². The maximum absolute atomic E-state index is 15.0. The van der Waals surface area contributed by atoms with Crippen molar-refractivity contribution in [2.75, 3.05) is 14.2 Å². The topological polar surface area (TPSA) is 71.1 Å². The van der Waals surface area contributed by atoms with E-state index in [1.165, 1.54) is 36.4 Å². The number of ether oxygens (including phenoxy) is 4. The number of rotatable bonds is 8. The zero-order valence-corrected chi connectivity index (χ0v) is 26.7. The fourth-order valence-corrected chi connectivity index (χ4v) is 6.72. The minimum absolute atomic E-state index is 0.134. The molecule has 0 N–H and O–H groups in total. The number of hydrogen-bond acceptors (Lipinski definition) is 6. The third-order valence-electron chi connectivity index (χ3n) is 9.18. The second-order valence-electron chi connectivity index (χ2n) is 11.9. The first-order valence-corrected chi connectivity index (χ1v) is 15.5. The third kappa shape index (κ3) is 5.66. The summed E-state index contributed by atoms with van der Waals surface area (Å²) in [6, 6.07) is 26.5. The van der Waals surface area contributed by atoms with E-state index >= 15 is 0 Å². The molecule has 0 heterocycles. The summed E-state index contributed by atoms with van der Waals surface area (Å²) in [5.74, 6) is -3.77. The normalized spacial score (nSPS) is 18.9. The molecule has 0 radical (unpaired) electrons. The molecule has 12 heteroatoms. The molecule has 0 aromatic heterocycles. The van der Waals surface area contributed by atoms with Gasteiger partial charge >= 0.3 is 24.3 Å². The van der Waals surface area contributed by atoms with Gasteiger partial charge in [-0.3, -0.25) is 0 Å². The maximum Gasteiger partial charge on any atom is 0.432 e. The molecule has 0 fully saturated rings. The second-order valence-corrected chi connectivity index (χ2v) is 11.9. The average molecular weight is 697 g/mol. The largest absolute Gasteiger partial charge is 0.455 e. The van der Waals surface area contributed by atoms with Gasteiger partial charge in [0.2, 0.25) is 0 Å². The van der Waals surface area contributed by atoms with E-state index in [1.807, 2.05) is 18.2 Å². The molecule has 0 saturated carbocycles. The Bertz CT molecular complexity index is 2030. The van der Waals surface area contributed by atoms with Gasteiger partial charge in [-0.2, -0.15) is 26.3 Å². The fourth-order valence-electron chi connectivity index (χ4n) is 6.72. The summed E-state index contributed by atoms with van der Waals surface area (Å²) < 4.78 is 111. The quantitative estimate of drug-likeness (QED) is 0.0920. The fraction of sp³-hybridized carbons (Fsp3) is 0.263. The number of alkyl halides is 6. The van der Waals surface area contributed by atoms with Gasteiger partial charge in [0.15, 0.2) is 6.10 Å². The molecule has 6 nitrogen and oxygen atoms in total. The molecule has 5 aromatic rings. The van der Waals surface area contributed by atoms with Crippen molar-refractivity contribution in [1.29, 1.82) is 0 Å². The minimum Gasteiger partial charge on any atom is -0.455 e. The number of carbonyl (C=O) groups is 2. The highest BCUT2D eigenvalue weighted by Crippen LogP contribution is 2.48. The zero-order chi connectivity index (χ0) is 35.9. The minimum atomic E-state index is -5.35. The molecule has 1 aliphatic carbocycles. The van der Waals surface area contributed by atoms with Crippen molar-refractivity contribution in [3.8, 4) is 0 Å². The first-order valence-electron chi connectivity index (χ1n) is 15.5. The maximum atomic E-state index is 15.0. The van der Waals surface area contributed by atoms with Crippen LogP contribution in [0.4, 0.5) is 26.3 Å². The first kappa shape index (κ1) is 34.9. The lowest BCUT2D eigenvalue weighted by Crippen LogP contribution is -2.54. The number of methoxy groups -OCH3 is 2. The Morgan fingerprint density at radius 2 is 1.08 bits per heavy atom. The number of aryl methyl sites for hydroxylation is 1. The molecule has 50 heavy (non-hydrogen) atoms. The smallest absolute Gasteiger partial charge is 0.432 e. The van der Waals surface area contributed by atoms with E-state index < -0.39 is 58.8 Å². The van der Waals surface area contributed by atoms with Gasteiger partial charge in [-0.15, -0.1) is 0 Å². The van der Waals surface area contributed by atoms with Gasteiger partial charge in [0.25, 0.3) is 11.2 Å². The molecule has 0 aliphatic heterocycles. The van der Waals surface area contributed by atoms with Crippen LogP contribution in [0.25, 0.3) is 21.5 Å². The van der Waals surface area contributed by atoms with Gasteiger partial charge in [-0.1, -0.05) is 97.1 Å². The molecule has 0 amide bonds. The lowest BCUT2D eigenvalue weighted by Gasteiger charge is -2.39. The molecule has 260 valence electrons. The Labute approximate surface area is 282 Å². The van der Waals surface area contributed by atoms with E-state index in [1.54, 1.807) is 30.3 Å². The van der Waals surface area contributed by atoms with Gasteiger partial charge in [0.05, 0.1) is 0 Å². The second kappa shape index (κ2) is 13.1. The number of benzene rings is 5. The van der Waals surface area contributed by atoms with Crippen LogP contribution in [-0.2, 0) is 46.2 Å². The van der Waals surface area contributed by atoms with Crippen LogP contribution in [0.5, 0.6) is 0 Å². The van der Waals surface area contributed by atoms with Crippen molar-refractivity contribution in [3.63, 3.8) is 0 Å². The first-order chi connectivity index (χ1) is 23.8. The molecule has 0 spiro atoms.